The van der Waals surface area contributed by atoms with Gasteiger partial charge in [0.15, 0.2) is 5.82 Å². The Morgan fingerprint density at radius 3 is 2.57 bits per heavy atom. The van der Waals surface area contributed by atoms with Gasteiger partial charge in [0.25, 0.3) is 0 Å². The van der Waals surface area contributed by atoms with Crippen molar-refractivity contribution in [2.45, 2.75) is 40.0 Å². The second-order valence-corrected chi connectivity index (χ2v) is 4.68. The Bertz CT molecular complexity index is 730. The molecular formula is C14H17N3O4. The number of carbonyl (C=O) groups is 1. The van der Waals surface area contributed by atoms with Crippen LogP contribution in [0.1, 0.15) is 36.6 Å². The van der Waals surface area contributed by atoms with Crippen LogP contribution in [0.3, 0.4) is 0 Å². The summed E-state index contributed by atoms with van der Waals surface area (Å²) in [5, 5.41) is 12.9. The molecule has 1 N–H and O–H groups in total. The predicted octanol–water partition coefficient (Wildman–Crippen LogP) is 1.28. The molecule has 7 nitrogen and oxygen atoms in total. The van der Waals surface area contributed by atoms with Crippen molar-refractivity contribution >= 4 is 5.97 Å². The van der Waals surface area contributed by atoms with Gasteiger partial charge in [-0.05, 0) is 19.8 Å². The summed E-state index contributed by atoms with van der Waals surface area (Å²) in [6, 6.07) is 1.62. The van der Waals surface area contributed by atoms with E-state index in [4.69, 9.17) is 9.63 Å². The van der Waals surface area contributed by atoms with E-state index in [-0.39, 0.29) is 6.42 Å². The third-order valence-electron chi connectivity index (χ3n) is 3.23. The molecule has 2 aromatic rings. The highest BCUT2D eigenvalue weighted by Gasteiger charge is 2.19. The lowest BCUT2D eigenvalue weighted by atomic mass is 10.0. The van der Waals surface area contributed by atoms with Gasteiger partial charge in [-0.25, -0.2) is 9.36 Å². The van der Waals surface area contributed by atoms with Crippen molar-refractivity contribution in [3.8, 4) is 5.82 Å². The second-order valence-electron chi connectivity index (χ2n) is 4.68. The number of aliphatic carboxylic acids is 1. The van der Waals surface area contributed by atoms with E-state index in [0.717, 1.165) is 0 Å². The van der Waals surface area contributed by atoms with Crippen molar-refractivity contribution in [1.82, 2.24) is 14.7 Å². The first-order valence-corrected chi connectivity index (χ1v) is 6.77. The van der Waals surface area contributed by atoms with E-state index in [1.807, 2.05) is 13.8 Å². The lowest BCUT2D eigenvalue weighted by molar-refractivity contribution is -0.136. The minimum absolute atomic E-state index is 0.170. The zero-order chi connectivity index (χ0) is 15.6. The molecule has 0 amide bonds. The van der Waals surface area contributed by atoms with Crippen LogP contribution in [0.25, 0.3) is 5.82 Å². The van der Waals surface area contributed by atoms with E-state index in [1.54, 1.807) is 13.0 Å². The Balaban J connectivity index is 2.75. The maximum Gasteiger partial charge on any atom is 0.353 e. The number of aromatic nitrogens is 3. The smallest absolute Gasteiger partial charge is 0.353 e. The molecule has 0 fully saturated rings. The van der Waals surface area contributed by atoms with Gasteiger partial charge in [0.1, 0.15) is 5.76 Å². The Morgan fingerprint density at radius 1 is 1.38 bits per heavy atom. The SMILES string of the molecule is CCc1nc(=O)n(-c2cc(C)on2)c(CC)c1CC(=O)O. The van der Waals surface area contributed by atoms with Crippen LogP contribution in [-0.2, 0) is 24.1 Å². The van der Waals surface area contributed by atoms with Gasteiger partial charge < -0.3 is 9.63 Å². The van der Waals surface area contributed by atoms with Gasteiger partial charge in [-0.1, -0.05) is 19.0 Å². The summed E-state index contributed by atoms with van der Waals surface area (Å²) >= 11 is 0. The minimum Gasteiger partial charge on any atom is -0.481 e. The Hall–Kier alpha value is -2.44. The zero-order valence-corrected chi connectivity index (χ0v) is 12.2. The molecule has 0 bridgehead atoms. The fourth-order valence-electron chi connectivity index (χ4n) is 2.36. The van der Waals surface area contributed by atoms with E-state index in [2.05, 4.69) is 10.1 Å². The average Bonchev–Trinajstić information content (AvgIpc) is 2.85. The Labute approximate surface area is 121 Å². The highest BCUT2D eigenvalue weighted by molar-refractivity contribution is 5.71. The summed E-state index contributed by atoms with van der Waals surface area (Å²) in [6.45, 7) is 5.43. The number of hydrogen-bond acceptors (Lipinski definition) is 5. The molecule has 0 aliphatic rings. The van der Waals surface area contributed by atoms with Crippen LogP contribution in [0.15, 0.2) is 15.4 Å². The van der Waals surface area contributed by atoms with Crippen LogP contribution in [-0.4, -0.2) is 25.8 Å². The van der Waals surface area contributed by atoms with Crippen LogP contribution in [0.2, 0.25) is 0 Å². The standard InChI is InChI=1S/C14H17N3O4/c1-4-10-9(7-13(18)19)11(5-2)17(14(20)15-10)12-6-8(3)21-16-12/h6H,4-5,7H2,1-3H3,(H,18,19). The molecule has 0 saturated heterocycles. The van der Waals surface area contributed by atoms with Crippen LogP contribution in [0.4, 0.5) is 0 Å². The summed E-state index contributed by atoms with van der Waals surface area (Å²) < 4.78 is 6.32. The Morgan fingerprint density at radius 2 is 2.10 bits per heavy atom. The normalized spacial score (nSPS) is 10.8. The summed E-state index contributed by atoms with van der Waals surface area (Å²) in [7, 11) is 0. The van der Waals surface area contributed by atoms with Crippen molar-refractivity contribution in [2.24, 2.45) is 0 Å². The molecule has 0 aliphatic carbocycles. The maximum absolute atomic E-state index is 12.2. The quantitative estimate of drug-likeness (QED) is 0.891. The van der Waals surface area contributed by atoms with Crippen LogP contribution >= 0.6 is 0 Å². The molecule has 2 rings (SSSR count). The molecule has 0 atom stereocenters. The van der Waals surface area contributed by atoms with Crippen molar-refractivity contribution in [3.05, 3.63) is 39.3 Å². The molecule has 112 valence electrons. The molecule has 2 aromatic heterocycles. The molecule has 0 aliphatic heterocycles. The highest BCUT2D eigenvalue weighted by atomic mass is 16.5. The van der Waals surface area contributed by atoms with Crippen molar-refractivity contribution < 1.29 is 14.4 Å². The van der Waals surface area contributed by atoms with Crippen molar-refractivity contribution in [3.63, 3.8) is 0 Å². The van der Waals surface area contributed by atoms with Crippen LogP contribution in [0, 0.1) is 6.92 Å². The second kappa shape index (κ2) is 5.90. The number of hydrogen-bond donors (Lipinski definition) is 1. The fourth-order valence-corrected chi connectivity index (χ4v) is 2.36. The van der Waals surface area contributed by atoms with Gasteiger partial charge in [-0.3, -0.25) is 4.79 Å². The average molecular weight is 291 g/mol. The highest BCUT2D eigenvalue weighted by Crippen LogP contribution is 2.17. The lowest BCUT2D eigenvalue weighted by Gasteiger charge is -2.15. The number of rotatable bonds is 5. The van der Waals surface area contributed by atoms with E-state index >= 15 is 0 Å². The van der Waals surface area contributed by atoms with E-state index < -0.39 is 11.7 Å². The lowest BCUT2D eigenvalue weighted by Crippen LogP contribution is -2.29. The molecule has 0 spiro atoms. The molecule has 0 unspecified atom stereocenters. The van der Waals surface area contributed by atoms with Gasteiger partial charge in [-0.15, -0.1) is 0 Å². The third-order valence-corrected chi connectivity index (χ3v) is 3.23. The number of carboxylic acids is 1. The molecule has 7 heteroatoms. The summed E-state index contributed by atoms with van der Waals surface area (Å²) in [4.78, 5) is 27.3. The Kier molecular flexibility index (Phi) is 4.21. The summed E-state index contributed by atoms with van der Waals surface area (Å²) in [5.74, 6) is -0.0582. The summed E-state index contributed by atoms with van der Waals surface area (Å²) in [5.41, 5.74) is 1.25. The first-order valence-electron chi connectivity index (χ1n) is 6.77. The van der Waals surface area contributed by atoms with Crippen molar-refractivity contribution in [1.29, 1.82) is 0 Å². The summed E-state index contributed by atoms with van der Waals surface area (Å²) in [6.07, 6.45) is 0.833. The van der Waals surface area contributed by atoms with Crippen molar-refractivity contribution in [2.75, 3.05) is 0 Å². The molecule has 0 radical (unpaired) electrons. The molecule has 2 heterocycles. The van der Waals surface area contributed by atoms with Gasteiger partial charge in [0, 0.05) is 17.3 Å². The van der Waals surface area contributed by atoms with E-state index in [0.29, 0.717) is 41.4 Å². The van der Waals surface area contributed by atoms with Gasteiger partial charge in [-0.2, -0.15) is 4.98 Å². The first kappa shape index (κ1) is 15.0. The maximum atomic E-state index is 12.2. The topological polar surface area (TPSA) is 98.2 Å². The molecule has 0 aromatic carbocycles. The molecule has 0 saturated carbocycles. The van der Waals surface area contributed by atoms with Gasteiger partial charge >= 0.3 is 11.7 Å². The van der Waals surface area contributed by atoms with E-state index in [9.17, 15) is 9.59 Å². The zero-order valence-electron chi connectivity index (χ0n) is 12.2. The van der Waals surface area contributed by atoms with Crippen LogP contribution in [0.5, 0.6) is 0 Å². The van der Waals surface area contributed by atoms with Gasteiger partial charge in [0.2, 0.25) is 0 Å². The fraction of sp³-hybridized carbons (Fsp3) is 0.429. The number of aryl methyl sites for hydroxylation is 2. The molecule has 21 heavy (non-hydrogen) atoms. The molecular weight excluding hydrogens is 274 g/mol. The predicted molar refractivity (Wildman–Crippen MR) is 74.7 cm³/mol. The van der Waals surface area contributed by atoms with Gasteiger partial charge in [0.05, 0.1) is 12.1 Å². The van der Waals surface area contributed by atoms with E-state index in [1.165, 1.54) is 4.57 Å². The minimum atomic E-state index is -0.956. The number of nitrogens with zero attached hydrogens (tertiary/aromatic N) is 3. The first-order chi connectivity index (χ1) is 9.97. The number of carboxylic acid groups (broad SMARTS) is 1. The third kappa shape index (κ3) is 2.86. The monoisotopic (exact) mass is 291 g/mol. The largest absolute Gasteiger partial charge is 0.481 e. The van der Waals surface area contributed by atoms with Crippen LogP contribution < -0.4 is 5.69 Å².